The topological polar surface area (TPSA) is 162 Å². The molecular weight excluding hydrogens is 566 g/mol. The van der Waals surface area contributed by atoms with Crippen LogP contribution >= 0.6 is 11.8 Å². The molecule has 2 aromatic rings. The molecule has 10 nitrogen and oxygen atoms in total. The zero-order valence-corrected chi connectivity index (χ0v) is 24.7. The van der Waals surface area contributed by atoms with Gasteiger partial charge in [0.2, 0.25) is 15.9 Å². The first-order valence-corrected chi connectivity index (χ1v) is 15.8. The number of carboxylic acids is 1. The number of thioether (sulfide) groups is 1. The third-order valence-electron chi connectivity index (χ3n) is 6.63. The molecule has 12 heteroatoms. The number of nitrogens with zero attached hydrogens (tertiary/aromatic N) is 1. The van der Waals surface area contributed by atoms with E-state index in [1.165, 1.54) is 23.9 Å². The molecule has 1 heterocycles. The summed E-state index contributed by atoms with van der Waals surface area (Å²) in [7, 11) is -3.98. The maximum absolute atomic E-state index is 13.3. The van der Waals surface area contributed by atoms with E-state index in [1.54, 1.807) is 56.3 Å². The van der Waals surface area contributed by atoms with Crippen molar-refractivity contribution in [2.75, 3.05) is 5.75 Å². The van der Waals surface area contributed by atoms with Gasteiger partial charge in [-0.15, -0.1) is 11.8 Å². The number of rotatable bonds is 15. The summed E-state index contributed by atoms with van der Waals surface area (Å²) in [5, 5.41) is 19.2. The Morgan fingerprint density at radius 1 is 1.02 bits per heavy atom. The summed E-state index contributed by atoms with van der Waals surface area (Å²) in [5.74, 6) is -1.80. The van der Waals surface area contributed by atoms with Crippen molar-refractivity contribution in [1.82, 2.24) is 9.62 Å². The minimum Gasteiger partial charge on any atom is -0.480 e. The van der Waals surface area contributed by atoms with Gasteiger partial charge in [0.15, 0.2) is 0 Å². The Labute approximate surface area is 244 Å². The number of carbonyl (C=O) groups is 4. The summed E-state index contributed by atoms with van der Waals surface area (Å²) in [4.78, 5) is 49.2. The average molecular weight is 602 g/mol. The Balaban J connectivity index is 1.59. The van der Waals surface area contributed by atoms with E-state index < -0.39 is 39.4 Å². The number of ketones is 2. The van der Waals surface area contributed by atoms with E-state index in [1.807, 2.05) is 0 Å². The Hall–Kier alpha value is -3.35. The fraction of sp³-hybridized carbons (Fsp3) is 0.414. The number of carboxylic acid groups (broad SMARTS) is 1. The molecule has 3 rings (SSSR count). The molecule has 220 valence electrons. The predicted octanol–water partition coefficient (Wildman–Crippen LogP) is 3.23. The maximum Gasteiger partial charge on any atom is 0.326 e. The van der Waals surface area contributed by atoms with Gasteiger partial charge < -0.3 is 15.8 Å². The number of aliphatic carboxylic acids is 1. The van der Waals surface area contributed by atoms with Gasteiger partial charge in [-0.2, -0.15) is 4.31 Å². The van der Waals surface area contributed by atoms with E-state index in [4.69, 9.17) is 5.41 Å². The predicted molar refractivity (Wildman–Crippen MR) is 156 cm³/mol. The fourth-order valence-corrected chi connectivity index (χ4v) is 7.90. The van der Waals surface area contributed by atoms with Gasteiger partial charge in [-0.05, 0) is 43.5 Å². The van der Waals surface area contributed by atoms with Crippen LogP contribution in [0, 0.1) is 5.41 Å². The highest BCUT2D eigenvalue weighted by Crippen LogP contribution is 2.34. The zero-order chi connectivity index (χ0) is 30.2. The van der Waals surface area contributed by atoms with Crippen LogP contribution in [-0.2, 0) is 42.0 Å². The average Bonchev–Trinajstić information content (AvgIpc) is 3.31. The third kappa shape index (κ3) is 9.07. The number of amides is 1. The molecule has 0 bridgehead atoms. The van der Waals surface area contributed by atoms with E-state index in [9.17, 15) is 32.7 Å². The van der Waals surface area contributed by atoms with E-state index in [-0.39, 0.29) is 54.3 Å². The number of nitrogens with one attached hydrogen (secondary N) is 2. The number of benzene rings is 2. The van der Waals surface area contributed by atoms with Gasteiger partial charge in [0, 0.05) is 43.6 Å². The Morgan fingerprint density at radius 2 is 1.63 bits per heavy atom. The second-order valence-corrected chi connectivity index (χ2v) is 13.3. The molecule has 41 heavy (non-hydrogen) atoms. The van der Waals surface area contributed by atoms with Gasteiger partial charge >= 0.3 is 5.97 Å². The fourth-order valence-electron chi connectivity index (χ4n) is 4.58. The van der Waals surface area contributed by atoms with Gasteiger partial charge in [0.25, 0.3) is 0 Å². The van der Waals surface area contributed by atoms with Crippen LogP contribution in [0.2, 0.25) is 0 Å². The summed E-state index contributed by atoms with van der Waals surface area (Å²) in [5.41, 5.74) is 1.68. The quantitative estimate of drug-likeness (QED) is 0.262. The lowest BCUT2D eigenvalue weighted by Gasteiger charge is -2.27. The molecule has 0 aliphatic carbocycles. The molecular formula is C29H35N3O7S2. The minimum atomic E-state index is -3.98. The summed E-state index contributed by atoms with van der Waals surface area (Å²) in [6, 6.07) is 12.3. The van der Waals surface area contributed by atoms with E-state index in [0.717, 1.165) is 9.87 Å². The summed E-state index contributed by atoms with van der Waals surface area (Å²) in [6.45, 7) is 3.26. The molecule has 3 atom stereocenters. The molecule has 1 fully saturated rings. The molecule has 0 spiro atoms. The van der Waals surface area contributed by atoms with Crippen LogP contribution in [-0.4, -0.2) is 70.2 Å². The summed E-state index contributed by atoms with van der Waals surface area (Å²) in [6.07, 6.45) is 1.22. The van der Waals surface area contributed by atoms with Gasteiger partial charge in [0.05, 0.1) is 10.3 Å². The summed E-state index contributed by atoms with van der Waals surface area (Å²) < 4.78 is 27.7. The number of hydrogen-bond donors (Lipinski definition) is 3. The normalized spacial score (nSPS) is 18.0. The zero-order valence-electron chi connectivity index (χ0n) is 23.0. The first-order chi connectivity index (χ1) is 19.4. The van der Waals surface area contributed by atoms with Gasteiger partial charge in [-0.1, -0.05) is 42.5 Å². The number of hydrogen-bond acceptors (Lipinski definition) is 8. The lowest BCUT2D eigenvalue weighted by atomic mass is 10.00. The first-order valence-electron chi connectivity index (χ1n) is 13.3. The Kier molecular flexibility index (Phi) is 11.4. The van der Waals surface area contributed by atoms with Crippen molar-refractivity contribution >= 4 is 50.9 Å². The van der Waals surface area contributed by atoms with Gasteiger partial charge in [-0.25, -0.2) is 13.2 Å². The van der Waals surface area contributed by atoms with Crippen LogP contribution in [0.5, 0.6) is 0 Å². The van der Waals surface area contributed by atoms with Crippen LogP contribution in [0.4, 0.5) is 0 Å². The highest BCUT2D eigenvalue weighted by molar-refractivity contribution is 8.01. The van der Waals surface area contributed by atoms with Crippen LogP contribution in [0.15, 0.2) is 59.5 Å². The number of sulfonamides is 1. The third-order valence-corrected chi connectivity index (χ3v) is 9.98. The molecule has 3 N–H and O–H groups in total. The van der Waals surface area contributed by atoms with Crippen molar-refractivity contribution < 1.29 is 32.7 Å². The van der Waals surface area contributed by atoms with Gasteiger partial charge in [-0.3, -0.25) is 14.4 Å². The lowest BCUT2D eigenvalue weighted by molar-refractivity contribution is -0.142. The second kappa shape index (κ2) is 14.5. The molecule has 0 aromatic heterocycles. The van der Waals surface area contributed by atoms with Crippen LogP contribution in [0.3, 0.4) is 0 Å². The molecule has 2 aromatic carbocycles. The van der Waals surface area contributed by atoms with E-state index >= 15 is 0 Å². The molecule has 0 radical (unpaired) electrons. The smallest absolute Gasteiger partial charge is 0.326 e. The SMILES string of the molecule is CC(=N)CC(=O)CCCC(=O)Cc1ccc(C[C@H](NC(=O)[C@@H]2CSC(C)N2S(=O)(=O)c2ccccc2)C(=O)O)cc1. The maximum atomic E-state index is 13.3. The molecule has 1 saturated heterocycles. The Morgan fingerprint density at radius 3 is 2.24 bits per heavy atom. The van der Waals surface area contributed by atoms with E-state index in [0.29, 0.717) is 17.7 Å². The van der Waals surface area contributed by atoms with Crippen molar-refractivity contribution in [1.29, 1.82) is 5.41 Å². The summed E-state index contributed by atoms with van der Waals surface area (Å²) >= 11 is 1.30. The number of Topliss-reactive ketones (excluding diaryl/α,β-unsaturated/α-hetero) is 2. The molecule has 1 aliphatic heterocycles. The van der Waals surface area contributed by atoms with Crippen molar-refractivity contribution in [3.63, 3.8) is 0 Å². The molecule has 1 unspecified atom stereocenters. The second-order valence-electron chi connectivity index (χ2n) is 10.1. The van der Waals surface area contributed by atoms with Crippen molar-refractivity contribution in [2.45, 2.75) is 74.7 Å². The minimum absolute atomic E-state index is 0.0218. The lowest BCUT2D eigenvalue weighted by Crippen LogP contribution is -2.53. The van der Waals surface area contributed by atoms with Crippen molar-refractivity contribution in [3.8, 4) is 0 Å². The highest BCUT2D eigenvalue weighted by Gasteiger charge is 2.45. The van der Waals surface area contributed by atoms with E-state index in [2.05, 4.69) is 5.32 Å². The highest BCUT2D eigenvalue weighted by atomic mass is 32.2. The van der Waals surface area contributed by atoms with Crippen molar-refractivity contribution in [3.05, 3.63) is 65.7 Å². The van der Waals surface area contributed by atoms with Gasteiger partial charge in [0.1, 0.15) is 23.7 Å². The Bertz CT molecular complexity index is 1380. The standard InChI is InChI=1S/C29H35N3O7S2/c1-19(30)15-23(33)7-6-8-24(34)16-21-11-13-22(14-12-21)17-26(29(36)37)31-28(35)27-18-40-20(2)32(27)41(38,39)25-9-4-3-5-10-25/h3-5,9-14,20,26-27,30H,6-8,15-18H2,1-2H3,(H,31,35)(H,36,37)/t20?,26-,27-/m0/s1. The molecule has 1 aliphatic rings. The van der Waals surface area contributed by atoms with Crippen LogP contribution < -0.4 is 5.32 Å². The van der Waals surface area contributed by atoms with Crippen molar-refractivity contribution in [2.24, 2.45) is 0 Å². The van der Waals surface area contributed by atoms with Crippen LogP contribution in [0.1, 0.15) is 50.7 Å². The van der Waals surface area contributed by atoms with Crippen LogP contribution in [0.25, 0.3) is 0 Å². The molecule has 0 saturated carbocycles. The monoisotopic (exact) mass is 601 g/mol. The molecule has 1 amide bonds. The number of carbonyl (C=O) groups excluding carboxylic acids is 3. The first kappa shape index (κ1) is 32.2. The largest absolute Gasteiger partial charge is 0.480 e.